The minimum atomic E-state index is -3.00. The van der Waals surface area contributed by atoms with Crippen molar-refractivity contribution in [1.82, 2.24) is 9.80 Å². The average Bonchev–Trinajstić information content (AvgIpc) is 3.13. The number of amides is 1. The lowest BCUT2D eigenvalue weighted by Crippen LogP contribution is -2.45. The summed E-state index contributed by atoms with van der Waals surface area (Å²) in [5.41, 5.74) is 3.82. The van der Waals surface area contributed by atoms with Crippen molar-refractivity contribution in [3.05, 3.63) is 34.9 Å². The third-order valence-electron chi connectivity index (χ3n) is 5.28. The van der Waals surface area contributed by atoms with Crippen molar-refractivity contribution in [3.63, 3.8) is 0 Å². The molecule has 6 heteroatoms. The van der Waals surface area contributed by atoms with Crippen LogP contribution in [-0.4, -0.2) is 68.9 Å². The zero-order valence-electron chi connectivity index (χ0n) is 15.2. The van der Waals surface area contributed by atoms with Crippen LogP contribution in [-0.2, 0) is 33.9 Å². The van der Waals surface area contributed by atoms with Gasteiger partial charge in [0.15, 0.2) is 9.84 Å². The van der Waals surface area contributed by atoms with Crippen LogP contribution in [0.3, 0.4) is 0 Å². The summed E-state index contributed by atoms with van der Waals surface area (Å²) in [5, 5.41) is 0. The zero-order valence-corrected chi connectivity index (χ0v) is 16.0. The molecular weight excluding hydrogens is 336 g/mol. The molecule has 1 aromatic carbocycles. The number of likely N-dealkylation sites (N-methyl/N-ethyl adjacent to an activating group) is 1. The van der Waals surface area contributed by atoms with Crippen molar-refractivity contribution in [2.45, 2.75) is 38.1 Å². The number of carbonyl (C=O) groups excluding carboxylic acids is 1. The van der Waals surface area contributed by atoms with Crippen molar-refractivity contribution in [3.8, 4) is 0 Å². The molecule has 0 N–H and O–H groups in total. The Morgan fingerprint density at radius 2 is 1.92 bits per heavy atom. The minimum Gasteiger partial charge on any atom is -0.337 e. The molecule has 1 saturated heterocycles. The van der Waals surface area contributed by atoms with Crippen LogP contribution >= 0.6 is 0 Å². The van der Waals surface area contributed by atoms with Crippen LogP contribution < -0.4 is 0 Å². The summed E-state index contributed by atoms with van der Waals surface area (Å²) >= 11 is 0. The first-order valence-corrected chi connectivity index (χ1v) is 10.9. The quantitative estimate of drug-likeness (QED) is 0.763. The van der Waals surface area contributed by atoms with E-state index in [1.165, 1.54) is 17.5 Å². The molecule has 3 rings (SSSR count). The number of benzene rings is 1. The van der Waals surface area contributed by atoms with Crippen LogP contribution in [0.4, 0.5) is 0 Å². The SMILES string of the molecule is CN(C)CCN(C(=O)Cc1ccc2c(c1)CCC2)C1CCS(=O)(=O)C1. The molecule has 0 aromatic heterocycles. The molecule has 0 radical (unpaired) electrons. The molecule has 1 fully saturated rings. The van der Waals surface area contributed by atoms with E-state index in [9.17, 15) is 13.2 Å². The Bertz CT molecular complexity index is 743. The molecule has 25 heavy (non-hydrogen) atoms. The molecule has 1 aromatic rings. The Labute approximate surface area is 150 Å². The van der Waals surface area contributed by atoms with E-state index >= 15 is 0 Å². The highest BCUT2D eigenvalue weighted by atomic mass is 32.2. The number of carbonyl (C=O) groups is 1. The van der Waals surface area contributed by atoms with E-state index in [4.69, 9.17) is 0 Å². The first kappa shape index (κ1) is 18.4. The van der Waals surface area contributed by atoms with E-state index in [1.54, 1.807) is 4.90 Å². The number of nitrogens with zero attached hydrogens (tertiary/aromatic N) is 2. The minimum absolute atomic E-state index is 0.0434. The van der Waals surface area contributed by atoms with E-state index < -0.39 is 9.84 Å². The van der Waals surface area contributed by atoms with Crippen molar-refractivity contribution in [2.75, 3.05) is 38.7 Å². The predicted octanol–water partition coefficient (Wildman–Crippen LogP) is 1.30. The smallest absolute Gasteiger partial charge is 0.227 e. The molecule has 1 aliphatic carbocycles. The van der Waals surface area contributed by atoms with Crippen LogP contribution in [0.15, 0.2) is 18.2 Å². The summed E-state index contributed by atoms with van der Waals surface area (Å²) in [6, 6.07) is 6.19. The molecule has 138 valence electrons. The molecular formula is C19H28N2O3S. The summed E-state index contributed by atoms with van der Waals surface area (Å²) < 4.78 is 23.7. The van der Waals surface area contributed by atoms with Gasteiger partial charge in [0.1, 0.15) is 0 Å². The fourth-order valence-corrected chi connectivity index (χ4v) is 5.58. The van der Waals surface area contributed by atoms with E-state index in [0.29, 0.717) is 19.4 Å². The standard InChI is InChI=1S/C19H28N2O3S/c1-20(2)9-10-21(18-8-11-25(23,24)14-18)19(22)13-15-6-7-16-4-3-5-17(16)12-15/h6-7,12,18H,3-5,8-11,13-14H2,1-2H3. The lowest BCUT2D eigenvalue weighted by molar-refractivity contribution is -0.132. The maximum atomic E-state index is 12.9. The summed E-state index contributed by atoms with van der Waals surface area (Å²) in [4.78, 5) is 16.8. The maximum Gasteiger partial charge on any atom is 0.227 e. The van der Waals surface area contributed by atoms with Crippen LogP contribution in [0, 0.1) is 0 Å². The molecule has 1 heterocycles. The molecule has 1 aliphatic heterocycles. The zero-order chi connectivity index (χ0) is 18.0. The number of fused-ring (bicyclic) bond motifs is 1. The van der Waals surface area contributed by atoms with Gasteiger partial charge in [-0.2, -0.15) is 0 Å². The van der Waals surface area contributed by atoms with Crippen molar-refractivity contribution >= 4 is 15.7 Å². The molecule has 1 atom stereocenters. The number of aryl methyl sites for hydroxylation is 2. The molecule has 5 nitrogen and oxygen atoms in total. The lowest BCUT2D eigenvalue weighted by Gasteiger charge is -2.29. The van der Waals surface area contributed by atoms with Crippen molar-refractivity contribution < 1.29 is 13.2 Å². The Morgan fingerprint density at radius 3 is 2.60 bits per heavy atom. The second kappa shape index (κ2) is 7.46. The van der Waals surface area contributed by atoms with Gasteiger partial charge < -0.3 is 9.80 Å². The van der Waals surface area contributed by atoms with Crippen LogP contribution in [0.5, 0.6) is 0 Å². The van der Waals surface area contributed by atoms with Gasteiger partial charge in [0.25, 0.3) is 0 Å². The van der Waals surface area contributed by atoms with Crippen molar-refractivity contribution in [2.24, 2.45) is 0 Å². The number of rotatable bonds is 6. The van der Waals surface area contributed by atoms with Gasteiger partial charge in [0, 0.05) is 19.1 Å². The second-order valence-corrected chi connectivity index (χ2v) is 9.81. The van der Waals surface area contributed by atoms with Gasteiger partial charge in [0.05, 0.1) is 17.9 Å². The van der Waals surface area contributed by atoms with Crippen LogP contribution in [0.2, 0.25) is 0 Å². The summed E-state index contributed by atoms with van der Waals surface area (Å²) in [6.45, 7) is 1.32. The number of sulfone groups is 1. The van der Waals surface area contributed by atoms with Crippen LogP contribution in [0.1, 0.15) is 29.5 Å². The highest BCUT2D eigenvalue weighted by Gasteiger charge is 2.34. The second-order valence-electron chi connectivity index (χ2n) is 7.58. The van der Waals surface area contributed by atoms with Crippen molar-refractivity contribution in [1.29, 1.82) is 0 Å². The van der Waals surface area contributed by atoms with E-state index in [0.717, 1.165) is 24.9 Å². The van der Waals surface area contributed by atoms with Gasteiger partial charge in [-0.25, -0.2) is 8.42 Å². The first-order chi connectivity index (χ1) is 11.8. The number of hydrogen-bond donors (Lipinski definition) is 0. The van der Waals surface area contributed by atoms with Gasteiger partial charge in [-0.3, -0.25) is 4.79 Å². The van der Waals surface area contributed by atoms with E-state index in [1.807, 2.05) is 19.0 Å². The Balaban J connectivity index is 1.72. The maximum absolute atomic E-state index is 12.9. The van der Waals surface area contributed by atoms with E-state index in [2.05, 4.69) is 18.2 Å². The molecule has 1 amide bonds. The average molecular weight is 365 g/mol. The van der Waals surface area contributed by atoms with Gasteiger partial charge in [-0.1, -0.05) is 18.2 Å². The van der Waals surface area contributed by atoms with Gasteiger partial charge in [-0.15, -0.1) is 0 Å². The Kier molecular flexibility index (Phi) is 5.49. The monoisotopic (exact) mass is 364 g/mol. The molecule has 0 spiro atoms. The summed E-state index contributed by atoms with van der Waals surface area (Å²) in [6.07, 6.45) is 4.35. The first-order valence-electron chi connectivity index (χ1n) is 9.09. The summed E-state index contributed by atoms with van der Waals surface area (Å²) in [7, 11) is 0.933. The fourth-order valence-electron chi connectivity index (χ4n) is 3.85. The number of hydrogen-bond acceptors (Lipinski definition) is 4. The fraction of sp³-hybridized carbons (Fsp3) is 0.632. The summed E-state index contributed by atoms with van der Waals surface area (Å²) in [5.74, 6) is 0.348. The van der Waals surface area contributed by atoms with Gasteiger partial charge >= 0.3 is 0 Å². The molecule has 1 unspecified atom stereocenters. The van der Waals surface area contributed by atoms with Gasteiger partial charge in [0.2, 0.25) is 5.91 Å². The van der Waals surface area contributed by atoms with Gasteiger partial charge in [-0.05, 0) is 56.5 Å². The molecule has 2 aliphatic rings. The largest absolute Gasteiger partial charge is 0.337 e. The third kappa shape index (κ3) is 4.61. The normalized spacial score (nSPS) is 21.5. The van der Waals surface area contributed by atoms with E-state index in [-0.39, 0.29) is 23.5 Å². The Hall–Kier alpha value is -1.40. The highest BCUT2D eigenvalue weighted by molar-refractivity contribution is 7.91. The molecule has 0 bridgehead atoms. The highest BCUT2D eigenvalue weighted by Crippen LogP contribution is 2.24. The van der Waals surface area contributed by atoms with Crippen LogP contribution in [0.25, 0.3) is 0 Å². The third-order valence-corrected chi connectivity index (χ3v) is 7.03. The molecule has 0 saturated carbocycles. The lowest BCUT2D eigenvalue weighted by atomic mass is 10.0. The Morgan fingerprint density at radius 1 is 1.16 bits per heavy atom. The predicted molar refractivity (Wildman–Crippen MR) is 99.5 cm³/mol. The topological polar surface area (TPSA) is 57.7 Å².